The highest BCUT2D eigenvalue weighted by atomic mass is 32.1. The molecule has 0 unspecified atom stereocenters. The maximum absolute atomic E-state index is 5.18. The molecule has 0 saturated carbocycles. The molecule has 3 nitrogen and oxygen atoms in total. The number of imidazole rings is 1. The fraction of sp³-hybridized carbons (Fsp3) is 0.0303. The van der Waals surface area contributed by atoms with Crippen LogP contribution in [0.1, 0.15) is 5.56 Å². The minimum Gasteiger partial charge on any atom is -0.318 e. The van der Waals surface area contributed by atoms with Crippen LogP contribution < -0.4 is 0 Å². The van der Waals surface area contributed by atoms with Gasteiger partial charge in [-0.1, -0.05) is 91.0 Å². The van der Waals surface area contributed by atoms with E-state index in [4.69, 9.17) is 9.97 Å². The van der Waals surface area contributed by atoms with Crippen molar-refractivity contribution in [2.24, 2.45) is 0 Å². The van der Waals surface area contributed by atoms with Gasteiger partial charge in [-0.25, -0.2) is 9.97 Å². The van der Waals surface area contributed by atoms with Crippen LogP contribution in [-0.2, 0) is 6.54 Å². The van der Waals surface area contributed by atoms with Gasteiger partial charge in [0, 0.05) is 20.7 Å². The van der Waals surface area contributed by atoms with E-state index in [1.807, 2.05) is 17.4 Å². The van der Waals surface area contributed by atoms with Gasteiger partial charge in [-0.15, -0.1) is 11.3 Å². The van der Waals surface area contributed by atoms with Crippen molar-refractivity contribution in [3.63, 3.8) is 0 Å². The molecule has 8 rings (SSSR count). The first-order valence-corrected chi connectivity index (χ1v) is 13.3. The maximum Gasteiger partial charge on any atom is 0.160 e. The van der Waals surface area contributed by atoms with Crippen LogP contribution in [0.5, 0.6) is 0 Å². The van der Waals surface area contributed by atoms with Crippen molar-refractivity contribution < 1.29 is 0 Å². The van der Waals surface area contributed by atoms with E-state index in [-0.39, 0.29) is 0 Å². The van der Waals surface area contributed by atoms with Gasteiger partial charge in [-0.3, -0.25) is 0 Å². The number of nitrogens with zero attached hydrogens (tertiary/aromatic N) is 3. The predicted octanol–water partition coefficient (Wildman–Crippen LogP) is 8.68. The normalized spacial score (nSPS) is 12.2. The number of hydrogen-bond acceptors (Lipinski definition) is 3. The Morgan fingerprint density at radius 1 is 0.622 bits per heavy atom. The SMILES string of the molecule is c1ccc(-c2cc(-c3ccccc3)nc(-c3nc4cccc5c4n3Cc3c-5sc4ccccc34)c2)cc1. The number of rotatable bonds is 3. The number of aromatic nitrogens is 3. The van der Waals surface area contributed by atoms with E-state index in [2.05, 4.69) is 114 Å². The summed E-state index contributed by atoms with van der Waals surface area (Å²) >= 11 is 1.88. The van der Waals surface area contributed by atoms with Gasteiger partial charge in [0.05, 0.1) is 23.3 Å². The lowest BCUT2D eigenvalue weighted by Gasteiger charge is -2.18. The van der Waals surface area contributed by atoms with Crippen LogP contribution in [0.2, 0.25) is 0 Å². The van der Waals surface area contributed by atoms with Gasteiger partial charge in [-0.2, -0.15) is 0 Å². The summed E-state index contributed by atoms with van der Waals surface area (Å²) in [5, 5.41) is 1.33. The molecule has 7 aromatic rings. The summed E-state index contributed by atoms with van der Waals surface area (Å²) in [4.78, 5) is 11.7. The van der Waals surface area contributed by atoms with E-state index in [0.717, 1.165) is 40.4 Å². The van der Waals surface area contributed by atoms with E-state index in [9.17, 15) is 0 Å². The molecule has 4 aromatic carbocycles. The lowest BCUT2D eigenvalue weighted by atomic mass is 10.0. The molecule has 0 saturated heterocycles. The fourth-order valence-electron chi connectivity index (χ4n) is 5.55. The minimum absolute atomic E-state index is 0.792. The third-order valence-corrected chi connectivity index (χ3v) is 8.50. The lowest BCUT2D eigenvalue weighted by molar-refractivity contribution is 0.833. The molecular formula is C33H21N3S. The van der Waals surface area contributed by atoms with Crippen LogP contribution in [0, 0.1) is 0 Å². The summed E-state index contributed by atoms with van der Waals surface area (Å²) in [5.74, 6) is 0.915. The lowest BCUT2D eigenvalue weighted by Crippen LogP contribution is -2.08. The molecule has 0 fully saturated rings. The third-order valence-electron chi connectivity index (χ3n) is 7.26. The van der Waals surface area contributed by atoms with Crippen molar-refractivity contribution >= 4 is 32.5 Å². The molecule has 0 radical (unpaired) electrons. The van der Waals surface area contributed by atoms with E-state index in [1.165, 1.54) is 37.2 Å². The Morgan fingerprint density at radius 3 is 2.19 bits per heavy atom. The molecule has 3 aromatic heterocycles. The zero-order chi connectivity index (χ0) is 24.3. The zero-order valence-electron chi connectivity index (χ0n) is 19.9. The first-order valence-electron chi connectivity index (χ1n) is 12.5. The monoisotopic (exact) mass is 491 g/mol. The molecule has 0 amide bonds. The van der Waals surface area contributed by atoms with Gasteiger partial charge >= 0.3 is 0 Å². The molecule has 0 spiro atoms. The molecule has 1 aliphatic heterocycles. The second-order valence-corrected chi connectivity index (χ2v) is 10.5. The topological polar surface area (TPSA) is 30.7 Å². The largest absolute Gasteiger partial charge is 0.318 e. The zero-order valence-corrected chi connectivity index (χ0v) is 20.7. The van der Waals surface area contributed by atoms with Crippen LogP contribution in [0.4, 0.5) is 0 Å². The Morgan fingerprint density at radius 2 is 1.35 bits per heavy atom. The summed E-state index contributed by atoms with van der Waals surface area (Å²) in [6.07, 6.45) is 0. The number of hydrogen-bond donors (Lipinski definition) is 0. The smallest absolute Gasteiger partial charge is 0.160 e. The molecule has 4 heteroatoms. The second kappa shape index (κ2) is 7.99. The van der Waals surface area contributed by atoms with Gasteiger partial charge in [0.2, 0.25) is 0 Å². The summed E-state index contributed by atoms with van der Waals surface area (Å²) < 4.78 is 3.71. The van der Waals surface area contributed by atoms with Crippen LogP contribution in [-0.4, -0.2) is 14.5 Å². The highest BCUT2D eigenvalue weighted by Gasteiger charge is 2.27. The van der Waals surface area contributed by atoms with E-state index in [1.54, 1.807) is 0 Å². The second-order valence-electron chi connectivity index (χ2n) is 9.46. The van der Waals surface area contributed by atoms with E-state index in [0.29, 0.717) is 0 Å². The Hall–Kier alpha value is -4.54. The van der Waals surface area contributed by atoms with Gasteiger partial charge in [0.25, 0.3) is 0 Å². The van der Waals surface area contributed by atoms with Crippen molar-refractivity contribution in [1.82, 2.24) is 14.5 Å². The maximum atomic E-state index is 5.18. The van der Waals surface area contributed by atoms with E-state index >= 15 is 0 Å². The van der Waals surface area contributed by atoms with Gasteiger partial charge in [-0.05, 0) is 46.3 Å². The third kappa shape index (κ3) is 3.19. The average molecular weight is 492 g/mol. The Bertz CT molecular complexity index is 1890. The number of para-hydroxylation sites is 1. The predicted molar refractivity (Wildman–Crippen MR) is 154 cm³/mol. The fourth-order valence-corrected chi connectivity index (χ4v) is 6.79. The van der Waals surface area contributed by atoms with Crippen LogP contribution in [0.25, 0.3) is 65.5 Å². The number of pyridine rings is 1. The van der Waals surface area contributed by atoms with Crippen molar-refractivity contribution in [2.75, 3.05) is 0 Å². The van der Waals surface area contributed by atoms with Gasteiger partial charge in [0.15, 0.2) is 5.82 Å². The molecular weight excluding hydrogens is 470 g/mol. The first-order chi connectivity index (χ1) is 18.3. The quantitative estimate of drug-likeness (QED) is 0.247. The number of benzene rings is 4. The number of fused-ring (bicyclic) bond motifs is 4. The summed E-state index contributed by atoms with van der Waals surface area (Å²) in [6, 6.07) is 40.5. The Labute approximate surface area is 218 Å². The number of thiophene rings is 1. The molecule has 1 aliphatic rings. The Kier molecular flexibility index (Phi) is 4.45. The van der Waals surface area contributed by atoms with Crippen LogP contribution >= 0.6 is 11.3 Å². The summed E-state index contributed by atoms with van der Waals surface area (Å²) in [5.41, 5.74) is 10.1. The van der Waals surface area contributed by atoms with Crippen molar-refractivity contribution in [1.29, 1.82) is 0 Å². The van der Waals surface area contributed by atoms with Crippen molar-refractivity contribution in [3.05, 3.63) is 121 Å². The minimum atomic E-state index is 0.792. The summed E-state index contributed by atoms with van der Waals surface area (Å²) in [7, 11) is 0. The highest BCUT2D eigenvalue weighted by Crippen LogP contribution is 2.46. The van der Waals surface area contributed by atoms with Gasteiger partial charge in [0.1, 0.15) is 5.69 Å². The highest BCUT2D eigenvalue weighted by molar-refractivity contribution is 7.22. The molecule has 0 N–H and O–H groups in total. The van der Waals surface area contributed by atoms with Crippen molar-refractivity contribution in [2.45, 2.75) is 6.54 Å². The molecule has 0 aliphatic carbocycles. The molecule has 4 heterocycles. The molecule has 0 bridgehead atoms. The summed E-state index contributed by atoms with van der Waals surface area (Å²) in [6.45, 7) is 0.792. The Balaban J connectivity index is 1.39. The molecule has 37 heavy (non-hydrogen) atoms. The standard InChI is InChI=1S/C33H21N3S/c1-3-10-21(11-4-1)23-18-28(22-12-5-2-6-13-22)34-29(19-23)33-35-27-16-9-15-25-31(27)36(33)20-26-24-14-7-8-17-30(24)37-32(25)26/h1-19H,20H2. The first kappa shape index (κ1) is 20.6. The van der Waals surface area contributed by atoms with Gasteiger partial charge < -0.3 is 4.57 Å². The van der Waals surface area contributed by atoms with Crippen LogP contribution in [0.15, 0.2) is 115 Å². The van der Waals surface area contributed by atoms with Crippen LogP contribution in [0.3, 0.4) is 0 Å². The van der Waals surface area contributed by atoms with Crippen molar-refractivity contribution in [3.8, 4) is 44.3 Å². The molecule has 174 valence electrons. The average Bonchev–Trinajstić information content (AvgIpc) is 3.54. The van der Waals surface area contributed by atoms with E-state index < -0.39 is 0 Å². The molecule has 0 atom stereocenters.